The molecule has 0 spiro atoms. The third-order valence-corrected chi connectivity index (χ3v) is 4.17. The van der Waals surface area contributed by atoms with Crippen LogP contribution in [-0.2, 0) is 0 Å². The van der Waals surface area contributed by atoms with E-state index in [1.165, 1.54) is 17.0 Å². The van der Waals surface area contributed by atoms with Crippen LogP contribution in [0.25, 0.3) is 0 Å². The van der Waals surface area contributed by atoms with E-state index in [0.29, 0.717) is 18.1 Å². The molecule has 1 atom stereocenters. The molecule has 150 valence electrons. The van der Waals surface area contributed by atoms with E-state index < -0.39 is 11.0 Å². The first-order valence-electron chi connectivity index (χ1n) is 8.80. The lowest BCUT2D eigenvalue weighted by Crippen LogP contribution is -2.25. The van der Waals surface area contributed by atoms with Gasteiger partial charge >= 0.3 is 6.09 Å². The number of ether oxygens (including phenoxy) is 2. The summed E-state index contributed by atoms with van der Waals surface area (Å²) >= 11 is 0. The molecule has 0 saturated heterocycles. The van der Waals surface area contributed by atoms with Gasteiger partial charge in [0.05, 0.1) is 11.5 Å². The molecule has 0 aliphatic carbocycles. The Kier molecular flexibility index (Phi) is 7.34. The highest BCUT2D eigenvalue weighted by Gasteiger charge is 2.15. The van der Waals surface area contributed by atoms with Crippen molar-refractivity contribution in [2.24, 2.45) is 0 Å². The van der Waals surface area contributed by atoms with E-state index in [9.17, 15) is 14.9 Å². The molecule has 2 rings (SSSR count). The Bertz CT molecular complexity index is 788. The highest BCUT2D eigenvalue weighted by Crippen LogP contribution is 2.25. The first kappa shape index (κ1) is 21.2. The van der Waals surface area contributed by atoms with Crippen molar-refractivity contribution in [1.82, 2.24) is 9.80 Å². The molecule has 0 fully saturated rings. The third kappa shape index (κ3) is 5.95. The van der Waals surface area contributed by atoms with E-state index in [2.05, 4.69) is 4.90 Å². The van der Waals surface area contributed by atoms with Crippen molar-refractivity contribution in [1.29, 1.82) is 0 Å². The second-order valence-corrected chi connectivity index (χ2v) is 6.70. The molecule has 0 aromatic heterocycles. The molecular formula is C20H25N3O5. The lowest BCUT2D eigenvalue weighted by atomic mass is 10.0. The number of nitro groups is 1. The summed E-state index contributed by atoms with van der Waals surface area (Å²) in [5.74, 6) is 1.08. The molecule has 2 aromatic rings. The Balaban J connectivity index is 1.95. The fourth-order valence-corrected chi connectivity index (χ4v) is 2.63. The standard InChI is InChI=1S/C20H25N3O5/c1-21(2)19(13-14-27-17-11-7-16(8-12-17)23(25)26)15-5-9-18(10-6-15)28-20(24)22(3)4/h5-12,19H,13-14H2,1-4H3/t19-/m1/s1. The summed E-state index contributed by atoms with van der Waals surface area (Å²) in [5, 5.41) is 10.7. The number of nitrogens with zero attached hydrogens (tertiary/aromatic N) is 3. The minimum atomic E-state index is -0.439. The van der Waals surface area contributed by atoms with Gasteiger partial charge in [-0.25, -0.2) is 4.79 Å². The monoisotopic (exact) mass is 387 g/mol. The van der Waals surface area contributed by atoms with Gasteiger partial charge in [-0.2, -0.15) is 0 Å². The summed E-state index contributed by atoms with van der Waals surface area (Å²) in [7, 11) is 7.22. The van der Waals surface area contributed by atoms with Gasteiger partial charge in [-0.05, 0) is 43.9 Å². The van der Waals surface area contributed by atoms with E-state index in [1.54, 1.807) is 38.4 Å². The number of hydrogen-bond donors (Lipinski definition) is 0. The third-order valence-electron chi connectivity index (χ3n) is 4.17. The number of non-ortho nitro benzene ring substituents is 1. The predicted octanol–water partition coefficient (Wildman–Crippen LogP) is 3.73. The molecule has 0 heterocycles. The average Bonchev–Trinajstić information content (AvgIpc) is 2.66. The highest BCUT2D eigenvalue weighted by atomic mass is 16.6. The van der Waals surface area contributed by atoms with E-state index in [1.807, 2.05) is 26.2 Å². The zero-order chi connectivity index (χ0) is 20.7. The quantitative estimate of drug-likeness (QED) is 0.507. The fourth-order valence-electron chi connectivity index (χ4n) is 2.63. The number of amides is 1. The Hall–Kier alpha value is -3.13. The number of nitro benzene ring substituents is 1. The molecule has 8 nitrogen and oxygen atoms in total. The molecule has 0 aliphatic rings. The summed E-state index contributed by atoms with van der Waals surface area (Å²) in [4.78, 5) is 25.3. The summed E-state index contributed by atoms with van der Waals surface area (Å²) in [6.45, 7) is 0.456. The zero-order valence-electron chi connectivity index (χ0n) is 16.5. The van der Waals surface area contributed by atoms with Crippen LogP contribution in [0.2, 0.25) is 0 Å². The maximum Gasteiger partial charge on any atom is 0.414 e. The van der Waals surface area contributed by atoms with Crippen LogP contribution in [0.1, 0.15) is 18.0 Å². The van der Waals surface area contributed by atoms with Crippen LogP contribution in [0.15, 0.2) is 48.5 Å². The van der Waals surface area contributed by atoms with E-state index in [4.69, 9.17) is 9.47 Å². The van der Waals surface area contributed by atoms with E-state index in [0.717, 1.165) is 12.0 Å². The van der Waals surface area contributed by atoms with Crippen LogP contribution in [0.3, 0.4) is 0 Å². The lowest BCUT2D eigenvalue weighted by Gasteiger charge is -2.25. The van der Waals surface area contributed by atoms with Gasteiger partial charge in [0.1, 0.15) is 11.5 Å². The van der Waals surface area contributed by atoms with Gasteiger partial charge in [0.15, 0.2) is 0 Å². The molecule has 0 aliphatic heterocycles. The normalized spacial score (nSPS) is 11.8. The Labute approximate surface area is 164 Å². The summed E-state index contributed by atoms with van der Waals surface area (Å²) in [6.07, 6.45) is 0.300. The number of rotatable bonds is 8. The number of carbonyl (C=O) groups excluding carboxylic acids is 1. The largest absolute Gasteiger partial charge is 0.494 e. The second-order valence-electron chi connectivity index (χ2n) is 6.70. The van der Waals surface area contributed by atoms with Crippen LogP contribution >= 0.6 is 0 Å². The SMILES string of the molecule is CN(C)C(=O)Oc1ccc([C@@H](CCOc2ccc([N+](=O)[O-])cc2)N(C)C)cc1. The van der Waals surface area contributed by atoms with Gasteiger partial charge in [0, 0.05) is 38.7 Å². The van der Waals surface area contributed by atoms with Crippen LogP contribution in [0.4, 0.5) is 10.5 Å². The molecule has 0 saturated carbocycles. The summed E-state index contributed by atoms with van der Waals surface area (Å²) < 4.78 is 11.0. The number of carbonyl (C=O) groups is 1. The van der Waals surface area contributed by atoms with Gasteiger partial charge in [-0.1, -0.05) is 12.1 Å². The maximum absolute atomic E-state index is 11.6. The molecule has 1 amide bonds. The van der Waals surface area contributed by atoms with Gasteiger partial charge in [-0.3, -0.25) is 10.1 Å². The van der Waals surface area contributed by atoms with Crippen LogP contribution in [0, 0.1) is 10.1 Å². The van der Waals surface area contributed by atoms with E-state index in [-0.39, 0.29) is 11.7 Å². The molecule has 8 heteroatoms. The molecule has 2 aromatic carbocycles. The molecule has 0 unspecified atom stereocenters. The number of hydrogen-bond acceptors (Lipinski definition) is 6. The second kappa shape index (κ2) is 9.70. The van der Waals surface area contributed by atoms with Crippen molar-refractivity contribution in [3.8, 4) is 11.5 Å². The van der Waals surface area contributed by atoms with Crippen molar-refractivity contribution < 1.29 is 19.2 Å². The zero-order valence-corrected chi connectivity index (χ0v) is 16.5. The minimum absolute atomic E-state index is 0.0357. The van der Waals surface area contributed by atoms with Crippen molar-refractivity contribution in [2.45, 2.75) is 12.5 Å². The van der Waals surface area contributed by atoms with E-state index >= 15 is 0 Å². The Morgan fingerprint density at radius 3 is 2.07 bits per heavy atom. The topological polar surface area (TPSA) is 85.1 Å². The Morgan fingerprint density at radius 2 is 1.57 bits per heavy atom. The average molecular weight is 387 g/mol. The molecule has 0 radical (unpaired) electrons. The Morgan fingerprint density at radius 1 is 1.00 bits per heavy atom. The van der Waals surface area contributed by atoms with Gasteiger partial charge in [-0.15, -0.1) is 0 Å². The molecule has 0 N–H and O–H groups in total. The van der Waals surface area contributed by atoms with Crippen molar-refractivity contribution in [3.63, 3.8) is 0 Å². The van der Waals surface area contributed by atoms with Crippen molar-refractivity contribution in [3.05, 3.63) is 64.2 Å². The highest BCUT2D eigenvalue weighted by molar-refractivity contribution is 5.69. The molecular weight excluding hydrogens is 362 g/mol. The summed E-state index contributed by atoms with van der Waals surface area (Å²) in [5.41, 5.74) is 1.11. The fraction of sp³-hybridized carbons (Fsp3) is 0.350. The predicted molar refractivity (Wildman–Crippen MR) is 106 cm³/mol. The van der Waals surface area contributed by atoms with Crippen LogP contribution < -0.4 is 9.47 Å². The lowest BCUT2D eigenvalue weighted by molar-refractivity contribution is -0.384. The van der Waals surface area contributed by atoms with Crippen molar-refractivity contribution in [2.75, 3.05) is 34.8 Å². The molecule has 28 heavy (non-hydrogen) atoms. The van der Waals surface area contributed by atoms with Gasteiger partial charge in [0.25, 0.3) is 5.69 Å². The van der Waals surface area contributed by atoms with Gasteiger partial charge in [0.2, 0.25) is 0 Å². The summed E-state index contributed by atoms with van der Waals surface area (Å²) in [6, 6.07) is 13.5. The molecule has 0 bridgehead atoms. The van der Waals surface area contributed by atoms with Crippen molar-refractivity contribution >= 4 is 11.8 Å². The number of benzene rings is 2. The first-order chi connectivity index (χ1) is 13.3. The van der Waals surface area contributed by atoms with Gasteiger partial charge < -0.3 is 19.3 Å². The minimum Gasteiger partial charge on any atom is -0.494 e. The van der Waals surface area contributed by atoms with Crippen LogP contribution in [0.5, 0.6) is 11.5 Å². The first-order valence-corrected chi connectivity index (χ1v) is 8.80. The smallest absolute Gasteiger partial charge is 0.414 e. The van der Waals surface area contributed by atoms with Crippen LogP contribution in [-0.4, -0.2) is 55.6 Å². The maximum atomic E-state index is 11.6.